The standard InChI is InChI=1S/C20H30O2/c1-17(2,3)8-10-20-11-9-19(6,22-7)13-15(20)12-18(4,5)14-16(20)21/h9,11,15H,12-14H2,1-7H3/t15-,19-,20+/m1/s1. The number of hydrogen-bond acceptors (Lipinski definition) is 2. The lowest BCUT2D eigenvalue weighted by atomic mass is 9.54. The number of carbonyl (C=O) groups is 1. The second-order valence-corrected chi connectivity index (χ2v) is 9.09. The quantitative estimate of drug-likeness (QED) is 0.530. The number of carbonyl (C=O) groups excluding carboxylic acids is 1. The Labute approximate surface area is 135 Å². The van der Waals surface area contributed by atoms with Crippen molar-refractivity contribution in [1.29, 1.82) is 0 Å². The largest absolute Gasteiger partial charge is 0.374 e. The van der Waals surface area contributed by atoms with Crippen LogP contribution in [0.4, 0.5) is 0 Å². The molecule has 22 heavy (non-hydrogen) atoms. The third-order valence-electron chi connectivity index (χ3n) is 5.00. The summed E-state index contributed by atoms with van der Waals surface area (Å²) in [6, 6.07) is 0. The average Bonchev–Trinajstić information content (AvgIpc) is 2.35. The molecular weight excluding hydrogens is 272 g/mol. The van der Waals surface area contributed by atoms with Crippen molar-refractivity contribution in [3.63, 3.8) is 0 Å². The van der Waals surface area contributed by atoms with Gasteiger partial charge in [-0.15, -0.1) is 0 Å². The van der Waals surface area contributed by atoms with Crippen LogP contribution in [0.5, 0.6) is 0 Å². The fraction of sp³-hybridized carbons (Fsp3) is 0.750. The smallest absolute Gasteiger partial charge is 0.155 e. The van der Waals surface area contributed by atoms with Crippen molar-refractivity contribution < 1.29 is 9.53 Å². The maximum atomic E-state index is 13.0. The van der Waals surface area contributed by atoms with Crippen LogP contribution in [0.25, 0.3) is 0 Å². The molecule has 0 amide bonds. The van der Waals surface area contributed by atoms with Crippen molar-refractivity contribution >= 4 is 5.78 Å². The van der Waals surface area contributed by atoms with Gasteiger partial charge in [-0.25, -0.2) is 0 Å². The molecule has 0 N–H and O–H groups in total. The lowest BCUT2D eigenvalue weighted by molar-refractivity contribution is -0.135. The Morgan fingerprint density at radius 1 is 1.18 bits per heavy atom. The van der Waals surface area contributed by atoms with Crippen LogP contribution in [-0.2, 0) is 9.53 Å². The maximum absolute atomic E-state index is 13.0. The number of hydrogen-bond donors (Lipinski definition) is 0. The van der Waals surface area contributed by atoms with Crippen molar-refractivity contribution in [2.75, 3.05) is 7.11 Å². The third-order valence-corrected chi connectivity index (χ3v) is 5.00. The average molecular weight is 302 g/mol. The Kier molecular flexibility index (Phi) is 4.11. The number of rotatable bonds is 1. The van der Waals surface area contributed by atoms with E-state index < -0.39 is 5.41 Å². The summed E-state index contributed by atoms with van der Waals surface area (Å²) < 4.78 is 5.68. The molecule has 2 aliphatic rings. The molecule has 0 saturated heterocycles. The lowest BCUT2D eigenvalue weighted by Gasteiger charge is -2.49. The zero-order chi connectivity index (χ0) is 16.8. The molecule has 122 valence electrons. The maximum Gasteiger partial charge on any atom is 0.155 e. The summed E-state index contributed by atoms with van der Waals surface area (Å²) in [7, 11) is 1.74. The van der Waals surface area contributed by atoms with E-state index in [1.807, 2.05) is 6.08 Å². The molecule has 0 spiro atoms. The fourth-order valence-electron chi connectivity index (χ4n) is 3.69. The van der Waals surface area contributed by atoms with Crippen molar-refractivity contribution in [2.45, 2.75) is 66.4 Å². The van der Waals surface area contributed by atoms with E-state index in [9.17, 15) is 4.79 Å². The highest BCUT2D eigenvalue weighted by molar-refractivity contribution is 5.92. The van der Waals surface area contributed by atoms with E-state index in [-0.39, 0.29) is 28.1 Å². The molecule has 1 fully saturated rings. The molecule has 0 aromatic heterocycles. The van der Waals surface area contributed by atoms with Crippen LogP contribution in [0.1, 0.15) is 60.8 Å². The van der Waals surface area contributed by atoms with Crippen LogP contribution in [0.15, 0.2) is 12.2 Å². The molecule has 0 aliphatic heterocycles. The van der Waals surface area contributed by atoms with Gasteiger partial charge in [0.1, 0.15) is 5.41 Å². The molecule has 0 heterocycles. The number of allylic oxidation sites excluding steroid dienone is 1. The molecule has 0 unspecified atom stereocenters. The van der Waals surface area contributed by atoms with Crippen LogP contribution < -0.4 is 0 Å². The van der Waals surface area contributed by atoms with E-state index in [1.165, 1.54) is 0 Å². The van der Waals surface area contributed by atoms with Gasteiger partial charge in [0, 0.05) is 18.9 Å². The van der Waals surface area contributed by atoms with E-state index in [4.69, 9.17) is 4.74 Å². The van der Waals surface area contributed by atoms with Gasteiger partial charge in [-0.3, -0.25) is 4.79 Å². The zero-order valence-corrected chi connectivity index (χ0v) is 15.2. The summed E-state index contributed by atoms with van der Waals surface area (Å²) in [5, 5.41) is 0. The highest BCUT2D eigenvalue weighted by atomic mass is 16.5. The third kappa shape index (κ3) is 3.30. The van der Waals surface area contributed by atoms with Crippen molar-refractivity contribution in [1.82, 2.24) is 0 Å². The molecule has 0 aromatic carbocycles. The van der Waals surface area contributed by atoms with E-state index in [2.05, 4.69) is 59.5 Å². The normalized spacial score (nSPS) is 37.2. The van der Waals surface area contributed by atoms with Crippen molar-refractivity contribution in [2.24, 2.45) is 22.2 Å². The summed E-state index contributed by atoms with van der Waals surface area (Å²) in [4.78, 5) is 13.0. The second-order valence-electron chi connectivity index (χ2n) is 9.09. The first-order chi connectivity index (χ1) is 9.91. The molecule has 1 saturated carbocycles. The Balaban J connectivity index is 2.52. The van der Waals surface area contributed by atoms with E-state index in [0.29, 0.717) is 6.42 Å². The minimum atomic E-state index is -0.610. The second kappa shape index (κ2) is 5.24. The predicted octanol–water partition coefficient (Wildman–Crippen LogP) is 4.39. The van der Waals surface area contributed by atoms with Gasteiger partial charge in [0.2, 0.25) is 0 Å². The number of fused-ring (bicyclic) bond motifs is 1. The molecular formula is C20H30O2. The van der Waals surface area contributed by atoms with Crippen LogP contribution >= 0.6 is 0 Å². The van der Waals surface area contributed by atoms with Crippen LogP contribution in [0, 0.1) is 34.0 Å². The summed E-state index contributed by atoms with van der Waals surface area (Å²) in [6.45, 7) is 12.7. The van der Waals surface area contributed by atoms with E-state index in [1.54, 1.807) is 7.11 Å². The number of Topliss-reactive ketones (excluding diaryl/α,β-unsaturated/α-hetero) is 1. The molecule has 2 nitrogen and oxygen atoms in total. The Morgan fingerprint density at radius 2 is 1.82 bits per heavy atom. The Hall–Kier alpha value is -1.07. The highest BCUT2D eigenvalue weighted by Gasteiger charge is 2.53. The van der Waals surface area contributed by atoms with Crippen LogP contribution in [-0.4, -0.2) is 18.5 Å². The fourth-order valence-corrected chi connectivity index (χ4v) is 3.69. The summed E-state index contributed by atoms with van der Waals surface area (Å²) in [5.74, 6) is 7.21. The van der Waals surface area contributed by atoms with Gasteiger partial charge >= 0.3 is 0 Å². The summed E-state index contributed by atoms with van der Waals surface area (Å²) in [5.41, 5.74) is -0.941. The van der Waals surface area contributed by atoms with Gasteiger partial charge in [-0.1, -0.05) is 37.8 Å². The van der Waals surface area contributed by atoms with Gasteiger partial charge in [0.15, 0.2) is 5.78 Å². The minimum Gasteiger partial charge on any atom is -0.374 e. The summed E-state index contributed by atoms with van der Waals surface area (Å²) >= 11 is 0. The topological polar surface area (TPSA) is 26.3 Å². The van der Waals surface area contributed by atoms with Crippen molar-refractivity contribution in [3.05, 3.63) is 12.2 Å². The lowest BCUT2D eigenvalue weighted by Crippen LogP contribution is -2.50. The monoisotopic (exact) mass is 302 g/mol. The first-order valence-electron chi connectivity index (χ1n) is 8.25. The number of ketones is 1. The zero-order valence-electron chi connectivity index (χ0n) is 15.2. The molecule has 0 radical (unpaired) electrons. The molecule has 0 aromatic rings. The Morgan fingerprint density at radius 3 is 2.36 bits per heavy atom. The van der Waals surface area contributed by atoms with Gasteiger partial charge in [0.05, 0.1) is 5.60 Å². The first-order valence-corrected chi connectivity index (χ1v) is 8.25. The molecule has 0 bridgehead atoms. The summed E-state index contributed by atoms with van der Waals surface area (Å²) in [6.07, 6.45) is 6.57. The van der Waals surface area contributed by atoms with Crippen molar-refractivity contribution in [3.8, 4) is 11.8 Å². The highest BCUT2D eigenvalue weighted by Crippen LogP contribution is 2.53. The Bertz CT molecular complexity index is 552. The number of methoxy groups -OCH3 is 1. The van der Waals surface area contributed by atoms with E-state index >= 15 is 0 Å². The SMILES string of the molecule is CO[C@]1(C)C=C[C@]2(C#CC(C)(C)C)C(=O)CC(C)(C)C[C@@H]2C1. The van der Waals surface area contributed by atoms with Gasteiger partial charge in [-0.05, 0) is 51.9 Å². The first kappa shape index (κ1) is 17.3. The number of ether oxygens (including phenoxy) is 1. The molecule has 2 rings (SSSR count). The molecule has 2 heteroatoms. The van der Waals surface area contributed by atoms with E-state index in [0.717, 1.165) is 12.8 Å². The molecule has 2 aliphatic carbocycles. The van der Waals surface area contributed by atoms with Gasteiger partial charge in [0.25, 0.3) is 0 Å². The molecule has 3 atom stereocenters. The van der Waals surface area contributed by atoms with Gasteiger partial charge < -0.3 is 4.74 Å². The predicted molar refractivity (Wildman–Crippen MR) is 90.3 cm³/mol. The van der Waals surface area contributed by atoms with Crippen LogP contribution in [0.3, 0.4) is 0 Å². The minimum absolute atomic E-state index is 0.0501. The van der Waals surface area contributed by atoms with Crippen LogP contribution in [0.2, 0.25) is 0 Å². The van der Waals surface area contributed by atoms with Gasteiger partial charge in [-0.2, -0.15) is 0 Å².